The van der Waals surface area contributed by atoms with Crippen molar-refractivity contribution in [2.75, 3.05) is 0 Å². The maximum atomic E-state index is 12.2. The third-order valence-electron chi connectivity index (χ3n) is 2.34. The maximum Gasteiger partial charge on any atom is 0.391 e. The Kier molecular flexibility index (Phi) is 4.27. The molecule has 0 aliphatic rings. The molecule has 0 spiro atoms. The summed E-state index contributed by atoms with van der Waals surface area (Å²) in [6.45, 7) is 7.06. The number of hydrogen-bond acceptors (Lipinski definition) is 0. The third kappa shape index (κ3) is 5.17. The van der Waals surface area contributed by atoms with E-state index in [0.717, 1.165) is 12.8 Å². The van der Waals surface area contributed by atoms with Crippen molar-refractivity contribution in [3.8, 4) is 0 Å². The van der Waals surface area contributed by atoms with Crippen molar-refractivity contribution >= 4 is 0 Å². The van der Waals surface area contributed by atoms with E-state index in [2.05, 4.69) is 0 Å². The van der Waals surface area contributed by atoms with Gasteiger partial charge in [0.25, 0.3) is 0 Å². The molecule has 13 heavy (non-hydrogen) atoms. The van der Waals surface area contributed by atoms with Crippen molar-refractivity contribution in [2.45, 2.75) is 53.1 Å². The predicted molar refractivity (Wildman–Crippen MR) is 48.5 cm³/mol. The van der Waals surface area contributed by atoms with E-state index in [0.29, 0.717) is 0 Å². The molecule has 0 aromatic rings. The molecule has 80 valence electrons. The number of halogens is 3. The second kappa shape index (κ2) is 4.34. The lowest BCUT2D eigenvalue weighted by molar-refractivity contribution is -0.177. The average molecular weight is 196 g/mol. The summed E-state index contributed by atoms with van der Waals surface area (Å²) in [6.07, 6.45) is -2.01. The van der Waals surface area contributed by atoms with Gasteiger partial charge in [-0.25, -0.2) is 0 Å². The monoisotopic (exact) mass is 196 g/mol. The minimum absolute atomic E-state index is 0.191. The van der Waals surface area contributed by atoms with Crippen molar-refractivity contribution in [3.63, 3.8) is 0 Å². The van der Waals surface area contributed by atoms with Crippen LogP contribution in [0.2, 0.25) is 0 Å². The van der Waals surface area contributed by atoms with Crippen LogP contribution >= 0.6 is 0 Å². The Bertz CT molecular complexity index is 147. The molecule has 0 N–H and O–H groups in total. The fourth-order valence-electron chi connectivity index (χ4n) is 1.72. The van der Waals surface area contributed by atoms with Crippen LogP contribution in [0.5, 0.6) is 0 Å². The lowest BCUT2D eigenvalue weighted by atomic mass is 9.80. The van der Waals surface area contributed by atoms with Gasteiger partial charge >= 0.3 is 6.18 Å². The van der Waals surface area contributed by atoms with Gasteiger partial charge < -0.3 is 0 Å². The quantitative estimate of drug-likeness (QED) is 0.625. The SMILES string of the molecule is CCCC(C)(C)CC(C)C(F)(F)F. The largest absolute Gasteiger partial charge is 0.391 e. The topological polar surface area (TPSA) is 0 Å². The van der Waals surface area contributed by atoms with E-state index in [-0.39, 0.29) is 11.8 Å². The van der Waals surface area contributed by atoms with Crippen molar-refractivity contribution in [1.82, 2.24) is 0 Å². The summed E-state index contributed by atoms with van der Waals surface area (Å²) in [4.78, 5) is 0. The minimum atomic E-state index is -4.04. The zero-order valence-corrected chi connectivity index (χ0v) is 8.83. The molecule has 0 heterocycles. The molecule has 0 nitrogen and oxygen atoms in total. The molecule has 0 bridgehead atoms. The zero-order chi connectivity index (χ0) is 10.7. The first kappa shape index (κ1) is 12.8. The summed E-state index contributed by atoms with van der Waals surface area (Å²) >= 11 is 0. The molecule has 3 heteroatoms. The van der Waals surface area contributed by atoms with Gasteiger partial charge in [-0.1, -0.05) is 34.1 Å². The molecule has 0 aliphatic carbocycles. The number of alkyl halides is 3. The Morgan fingerprint density at radius 1 is 1.15 bits per heavy atom. The van der Waals surface area contributed by atoms with E-state index < -0.39 is 12.1 Å². The standard InChI is InChI=1S/C10H19F3/c1-5-6-9(3,4)7-8(2)10(11,12)13/h8H,5-7H2,1-4H3. The molecule has 1 unspecified atom stereocenters. The fourth-order valence-corrected chi connectivity index (χ4v) is 1.72. The van der Waals surface area contributed by atoms with Crippen LogP contribution in [0, 0.1) is 11.3 Å². The van der Waals surface area contributed by atoms with Gasteiger partial charge in [-0.15, -0.1) is 0 Å². The number of hydrogen-bond donors (Lipinski definition) is 0. The van der Waals surface area contributed by atoms with Gasteiger partial charge in [0.05, 0.1) is 5.92 Å². The van der Waals surface area contributed by atoms with Gasteiger partial charge in [0.15, 0.2) is 0 Å². The molecule has 0 radical (unpaired) electrons. The highest BCUT2D eigenvalue weighted by Gasteiger charge is 2.38. The lowest BCUT2D eigenvalue weighted by Crippen LogP contribution is -2.26. The molecule has 0 saturated heterocycles. The molecule has 0 amide bonds. The average Bonchev–Trinajstić information content (AvgIpc) is 1.83. The van der Waals surface area contributed by atoms with Crippen LogP contribution in [-0.4, -0.2) is 6.18 Å². The first-order valence-electron chi connectivity index (χ1n) is 4.76. The highest BCUT2D eigenvalue weighted by molar-refractivity contribution is 4.74. The van der Waals surface area contributed by atoms with E-state index in [9.17, 15) is 13.2 Å². The summed E-state index contributed by atoms with van der Waals surface area (Å²) in [5, 5.41) is 0. The molecule has 0 aromatic carbocycles. The molecule has 0 fully saturated rings. The van der Waals surface area contributed by atoms with Gasteiger partial charge in [0.2, 0.25) is 0 Å². The highest BCUT2D eigenvalue weighted by atomic mass is 19.4. The van der Waals surface area contributed by atoms with Crippen LogP contribution in [0.1, 0.15) is 47.0 Å². The van der Waals surface area contributed by atoms with Crippen molar-refractivity contribution in [3.05, 3.63) is 0 Å². The fraction of sp³-hybridized carbons (Fsp3) is 1.00. The summed E-state index contributed by atoms with van der Waals surface area (Å²) in [5.74, 6) is -1.19. The first-order valence-corrected chi connectivity index (χ1v) is 4.76. The third-order valence-corrected chi connectivity index (χ3v) is 2.34. The molecular weight excluding hydrogens is 177 g/mol. The van der Waals surface area contributed by atoms with Gasteiger partial charge in [-0.3, -0.25) is 0 Å². The Morgan fingerprint density at radius 3 is 1.92 bits per heavy atom. The van der Waals surface area contributed by atoms with Crippen molar-refractivity contribution in [1.29, 1.82) is 0 Å². The molecule has 1 atom stereocenters. The van der Waals surface area contributed by atoms with Crippen molar-refractivity contribution < 1.29 is 13.2 Å². The summed E-state index contributed by atoms with van der Waals surface area (Å²) < 4.78 is 36.7. The predicted octanol–water partition coefficient (Wildman–Crippen LogP) is 4.40. The molecule has 0 saturated carbocycles. The van der Waals surface area contributed by atoms with E-state index >= 15 is 0 Å². The van der Waals surface area contributed by atoms with Crippen LogP contribution in [0.3, 0.4) is 0 Å². The van der Waals surface area contributed by atoms with E-state index in [1.807, 2.05) is 20.8 Å². The second-order valence-corrected chi connectivity index (χ2v) is 4.56. The van der Waals surface area contributed by atoms with Crippen LogP contribution in [-0.2, 0) is 0 Å². The maximum absolute atomic E-state index is 12.2. The van der Waals surface area contributed by atoms with Crippen LogP contribution in [0.25, 0.3) is 0 Å². The summed E-state index contributed by atoms with van der Waals surface area (Å²) in [5.41, 5.74) is -0.191. The van der Waals surface area contributed by atoms with Crippen molar-refractivity contribution in [2.24, 2.45) is 11.3 Å². The summed E-state index contributed by atoms with van der Waals surface area (Å²) in [6, 6.07) is 0. The zero-order valence-electron chi connectivity index (χ0n) is 8.83. The highest BCUT2D eigenvalue weighted by Crippen LogP contribution is 2.37. The Morgan fingerprint density at radius 2 is 1.62 bits per heavy atom. The normalized spacial score (nSPS) is 15.9. The first-order chi connectivity index (χ1) is 5.69. The Balaban J connectivity index is 4.11. The Labute approximate surface area is 78.5 Å². The second-order valence-electron chi connectivity index (χ2n) is 4.56. The number of rotatable bonds is 4. The van der Waals surface area contributed by atoms with Gasteiger partial charge in [-0.2, -0.15) is 13.2 Å². The van der Waals surface area contributed by atoms with Crippen LogP contribution in [0.4, 0.5) is 13.2 Å². The van der Waals surface area contributed by atoms with Gasteiger partial charge in [0.1, 0.15) is 0 Å². The van der Waals surface area contributed by atoms with Crippen LogP contribution < -0.4 is 0 Å². The molecular formula is C10H19F3. The Hall–Kier alpha value is -0.210. The van der Waals surface area contributed by atoms with E-state index in [1.165, 1.54) is 6.92 Å². The minimum Gasteiger partial charge on any atom is -0.171 e. The van der Waals surface area contributed by atoms with E-state index in [4.69, 9.17) is 0 Å². The van der Waals surface area contributed by atoms with Gasteiger partial charge in [0, 0.05) is 0 Å². The molecule has 0 aliphatic heterocycles. The van der Waals surface area contributed by atoms with E-state index in [1.54, 1.807) is 0 Å². The molecule has 0 rings (SSSR count). The smallest absolute Gasteiger partial charge is 0.171 e. The molecule has 0 aromatic heterocycles. The summed E-state index contributed by atoms with van der Waals surface area (Å²) in [7, 11) is 0. The van der Waals surface area contributed by atoms with Crippen LogP contribution in [0.15, 0.2) is 0 Å². The lowest BCUT2D eigenvalue weighted by Gasteiger charge is -2.28. The van der Waals surface area contributed by atoms with Gasteiger partial charge in [-0.05, 0) is 18.3 Å².